The van der Waals surface area contributed by atoms with Crippen molar-refractivity contribution in [3.05, 3.63) is 0 Å². The Bertz CT molecular complexity index is 315. The van der Waals surface area contributed by atoms with Gasteiger partial charge in [-0.2, -0.15) is 13.1 Å². The van der Waals surface area contributed by atoms with Crippen molar-refractivity contribution >= 4 is 32.2 Å². The van der Waals surface area contributed by atoms with Gasteiger partial charge in [0.15, 0.2) is 0 Å². The first-order valence-corrected chi connectivity index (χ1v) is 7.97. The van der Waals surface area contributed by atoms with E-state index in [1.54, 1.807) is 4.72 Å². The highest BCUT2D eigenvalue weighted by atomic mass is 79.9. The fourth-order valence-corrected chi connectivity index (χ4v) is 2.80. The monoisotopic (exact) mass is 330 g/mol. The third-order valence-electron chi connectivity index (χ3n) is 2.18. The largest absolute Gasteiger partial charge is 0.452 e. The zero-order chi connectivity index (χ0) is 13.3. The van der Waals surface area contributed by atoms with Crippen LogP contribution in [0.4, 0.5) is 4.79 Å². The van der Waals surface area contributed by atoms with Gasteiger partial charge in [-0.3, -0.25) is 0 Å². The van der Waals surface area contributed by atoms with E-state index in [-0.39, 0.29) is 5.92 Å². The Morgan fingerprint density at radius 1 is 1.41 bits per heavy atom. The maximum Gasteiger partial charge on any atom is 0.421 e. The van der Waals surface area contributed by atoms with Gasteiger partial charge in [-0.15, -0.1) is 0 Å². The molecule has 8 heteroatoms. The van der Waals surface area contributed by atoms with Gasteiger partial charge in [0.1, 0.15) is 0 Å². The quantitative estimate of drug-likeness (QED) is 0.658. The number of methoxy groups -OCH3 is 1. The molecule has 0 fully saturated rings. The minimum Gasteiger partial charge on any atom is -0.452 e. The molecule has 17 heavy (non-hydrogen) atoms. The van der Waals surface area contributed by atoms with Crippen molar-refractivity contribution in [3.8, 4) is 0 Å². The highest BCUT2D eigenvalue weighted by molar-refractivity contribution is 9.09. The summed E-state index contributed by atoms with van der Waals surface area (Å²) >= 11 is 3.32. The summed E-state index contributed by atoms with van der Waals surface area (Å²) < 4.78 is 31.0. The van der Waals surface area contributed by atoms with E-state index in [1.165, 1.54) is 0 Å². The SMILES string of the molecule is CCCC(CCBr)CNS(=O)(=O)NC(=O)OC. The molecule has 0 bridgehead atoms. The summed E-state index contributed by atoms with van der Waals surface area (Å²) in [5.41, 5.74) is 0. The van der Waals surface area contributed by atoms with Gasteiger partial charge in [0.2, 0.25) is 0 Å². The number of halogens is 1. The molecule has 1 atom stereocenters. The van der Waals surface area contributed by atoms with Gasteiger partial charge in [-0.1, -0.05) is 29.3 Å². The molecule has 0 saturated carbocycles. The van der Waals surface area contributed by atoms with Gasteiger partial charge in [-0.25, -0.2) is 9.52 Å². The zero-order valence-corrected chi connectivity index (χ0v) is 12.4. The molecule has 0 saturated heterocycles. The Kier molecular flexibility index (Phi) is 8.53. The van der Waals surface area contributed by atoms with E-state index in [4.69, 9.17) is 0 Å². The Morgan fingerprint density at radius 2 is 2.06 bits per heavy atom. The van der Waals surface area contributed by atoms with Crippen LogP contribution in [-0.4, -0.2) is 33.5 Å². The molecule has 0 aromatic carbocycles. The number of rotatable bonds is 8. The second kappa shape index (κ2) is 8.71. The third kappa shape index (κ3) is 8.39. The van der Waals surface area contributed by atoms with Crippen LogP contribution in [-0.2, 0) is 14.9 Å². The van der Waals surface area contributed by atoms with Crippen molar-refractivity contribution in [2.75, 3.05) is 19.0 Å². The van der Waals surface area contributed by atoms with Crippen LogP contribution in [0.1, 0.15) is 26.2 Å². The van der Waals surface area contributed by atoms with E-state index in [9.17, 15) is 13.2 Å². The highest BCUT2D eigenvalue weighted by Crippen LogP contribution is 2.11. The third-order valence-corrected chi connectivity index (χ3v) is 3.62. The van der Waals surface area contributed by atoms with E-state index < -0.39 is 16.3 Å². The lowest BCUT2D eigenvalue weighted by Gasteiger charge is -2.15. The number of alkyl halides is 1. The molecule has 0 rings (SSSR count). The fourth-order valence-electron chi connectivity index (χ4n) is 1.33. The first kappa shape index (κ1) is 16.7. The summed E-state index contributed by atoms with van der Waals surface area (Å²) in [6.07, 6.45) is 1.81. The van der Waals surface area contributed by atoms with E-state index in [1.807, 2.05) is 6.92 Å². The first-order chi connectivity index (χ1) is 7.95. The van der Waals surface area contributed by atoms with Crippen molar-refractivity contribution in [2.24, 2.45) is 5.92 Å². The molecule has 0 aromatic rings. The standard InChI is InChI=1S/C9H19BrN2O4S/c1-3-4-8(5-6-10)7-11-17(14,15)12-9(13)16-2/h8,11H,3-7H2,1-2H3,(H,12,13). The van der Waals surface area contributed by atoms with Gasteiger partial charge in [0.25, 0.3) is 0 Å². The zero-order valence-electron chi connectivity index (χ0n) is 10.0. The van der Waals surface area contributed by atoms with Gasteiger partial charge < -0.3 is 4.74 Å². The number of ether oxygens (including phenoxy) is 1. The summed E-state index contributed by atoms with van der Waals surface area (Å²) in [5.74, 6) is 0.258. The summed E-state index contributed by atoms with van der Waals surface area (Å²) in [5, 5.41) is 0.823. The second-order valence-electron chi connectivity index (χ2n) is 3.58. The van der Waals surface area contributed by atoms with E-state index in [2.05, 4.69) is 25.4 Å². The van der Waals surface area contributed by atoms with E-state index in [0.717, 1.165) is 31.7 Å². The molecule has 0 radical (unpaired) electrons. The topological polar surface area (TPSA) is 84.5 Å². The molecule has 0 aromatic heterocycles. The van der Waals surface area contributed by atoms with Crippen molar-refractivity contribution in [3.63, 3.8) is 0 Å². The van der Waals surface area contributed by atoms with Crippen LogP contribution >= 0.6 is 15.9 Å². The molecule has 0 aliphatic heterocycles. The molecule has 0 aliphatic rings. The molecule has 1 unspecified atom stereocenters. The minimum absolute atomic E-state index is 0.258. The Labute approximate surface area is 111 Å². The molecule has 102 valence electrons. The smallest absolute Gasteiger partial charge is 0.421 e. The summed E-state index contributed by atoms with van der Waals surface area (Å²) in [6, 6.07) is 0. The lowest BCUT2D eigenvalue weighted by molar-refractivity contribution is 0.177. The molecular formula is C9H19BrN2O4S. The van der Waals surface area contributed by atoms with Gasteiger partial charge in [-0.05, 0) is 18.8 Å². The number of carbonyl (C=O) groups excluding carboxylic acids is 1. The van der Waals surface area contributed by atoms with E-state index in [0.29, 0.717) is 6.54 Å². The maximum absolute atomic E-state index is 11.4. The maximum atomic E-state index is 11.4. The van der Waals surface area contributed by atoms with Crippen LogP contribution in [0, 0.1) is 5.92 Å². The number of amides is 1. The molecule has 1 amide bonds. The molecule has 0 spiro atoms. The number of hydrogen-bond donors (Lipinski definition) is 2. The average Bonchev–Trinajstić information content (AvgIpc) is 2.26. The molecule has 0 heterocycles. The van der Waals surface area contributed by atoms with Crippen LogP contribution in [0.3, 0.4) is 0 Å². The van der Waals surface area contributed by atoms with Crippen LogP contribution in [0.25, 0.3) is 0 Å². The van der Waals surface area contributed by atoms with Crippen molar-refractivity contribution < 1.29 is 17.9 Å². The van der Waals surface area contributed by atoms with Crippen LogP contribution in [0.5, 0.6) is 0 Å². The predicted octanol–water partition coefficient (Wildman–Crippen LogP) is 1.38. The van der Waals surface area contributed by atoms with Gasteiger partial charge in [0.05, 0.1) is 7.11 Å². The minimum atomic E-state index is -3.81. The molecule has 0 aliphatic carbocycles. The van der Waals surface area contributed by atoms with Crippen molar-refractivity contribution in [2.45, 2.75) is 26.2 Å². The predicted molar refractivity (Wildman–Crippen MR) is 69.3 cm³/mol. The molecular weight excluding hydrogens is 312 g/mol. The van der Waals surface area contributed by atoms with Crippen LogP contribution in [0.2, 0.25) is 0 Å². The lowest BCUT2D eigenvalue weighted by atomic mass is 10.0. The van der Waals surface area contributed by atoms with E-state index >= 15 is 0 Å². The highest BCUT2D eigenvalue weighted by Gasteiger charge is 2.16. The normalized spacial score (nSPS) is 13.1. The van der Waals surface area contributed by atoms with Crippen LogP contribution < -0.4 is 9.44 Å². The Morgan fingerprint density at radius 3 is 2.53 bits per heavy atom. The fraction of sp³-hybridized carbons (Fsp3) is 0.889. The summed E-state index contributed by atoms with van der Waals surface area (Å²) in [4.78, 5) is 10.8. The average molecular weight is 331 g/mol. The molecule has 6 nitrogen and oxygen atoms in total. The summed E-state index contributed by atoms with van der Waals surface area (Å²) in [6.45, 7) is 2.36. The summed E-state index contributed by atoms with van der Waals surface area (Å²) in [7, 11) is -2.71. The first-order valence-electron chi connectivity index (χ1n) is 5.36. The number of nitrogens with one attached hydrogen (secondary N) is 2. The number of carbonyl (C=O) groups is 1. The van der Waals surface area contributed by atoms with Gasteiger partial charge in [0, 0.05) is 11.9 Å². The Hall–Kier alpha value is -0.340. The Balaban J connectivity index is 4.17. The van der Waals surface area contributed by atoms with Crippen molar-refractivity contribution in [1.29, 1.82) is 0 Å². The second-order valence-corrected chi connectivity index (χ2v) is 5.87. The lowest BCUT2D eigenvalue weighted by Crippen LogP contribution is -2.42. The number of hydrogen-bond acceptors (Lipinski definition) is 4. The molecule has 2 N–H and O–H groups in total. The van der Waals surface area contributed by atoms with Crippen LogP contribution in [0.15, 0.2) is 0 Å². The van der Waals surface area contributed by atoms with Gasteiger partial charge >= 0.3 is 16.3 Å². The van der Waals surface area contributed by atoms with Crippen molar-refractivity contribution in [1.82, 2.24) is 9.44 Å².